The van der Waals surface area contributed by atoms with Gasteiger partial charge < -0.3 is 24.6 Å². The fraction of sp³-hybridized carbons (Fsp3) is 0.579. The number of piperazine rings is 2. The van der Waals surface area contributed by atoms with Crippen LogP contribution in [0.4, 0.5) is 0 Å². The van der Waals surface area contributed by atoms with E-state index in [9.17, 15) is 19.2 Å². The number of carbonyl (C=O) groups is 4. The lowest BCUT2D eigenvalue weighted by Crippen LogP contribution is -2.52. The van der Waals surface area contributed by atoms with Crippen molar-refractivity contribution >= 4 is 23.6 Å². The molecule has 0 bridgehead atoms. The molecule has 1 aromatic heterocycles. The van der Waals surface area contributed by atoms with Gasteiger partial charge in [0.15, 0.2) is 0 Å². The Bertz CT molecular complexity index is 774. The Labute approximate surface area is 164 Å². The van der Waals surface area contributed by atoms with E-state index in [-0.39, 0.29) is 43.1 Å². The fourth-order valence-corrected chi connectivity index (χ4v) is 3.66. The van der Waals surface area contributed by atoms with Crippen LogP contribution in [0.15, 0.2) is 12.3 Å². The van der Waals surface area contributed by atoms with Crippen LogP contribution in [0.5, 0.6) is 0 Å². The maximum atomic E-state index is 12.9. The van der Waals surface area contributed by atoms with Gasteiger partial charge in [0.2, 0.25) is 17.7 Å². The number of hydrogen-bond acceptors (Lipinski definition) is 4. The molecule has 1 aromatic rings. The van der Waals surface area contributed by atoms with Gasteiger partial charge in [-0.2, -0.15) is 0 Å². The summed E-state index contributed by atoms with van der Waals surface area (Å²) in [7, 11) is 0. The monoisotopic (exact) mass is 389 g/mol. The van der Waals surface area contributed by atoms with Crippen LogP contribution in [0.1, 0.15) is 29.9 Å². The molecule has 9 nitrogen and oxygen atoms in total. The summed E-state index contributed by atoms with van der Waals surface area (Å²) in [6, 6.07) is 1.64. The number of nitrogens with one attached hydrogen (secondary N) is 1. The number of amides is 4. The largest absolute Gasteiger partial charge is 0.364 e. The third-order valence-electron chi connectivity index (χ3n) is 5.43. The summed E-state index contributed by atoms with van der Waals surface area (Å²) >= 11 is 0. The zero-order valence-electron chi connectivity index (χ0n) is 16.4. The lowest BCUT2D eigenvalue weighted by atomic mass is 10.1. The van der Waals surface area contributed by atoms with Gasteiger partial charge in [0.05, 0.1) is 18.5 Å². The van der Waals surface area contributed by atoms with Crippen LogP contribution in [0, 0.1) is 0 Å². The van der Waals surface area contributed by atoms with Crippen molar-refractivity contribution in [1.29, 1.82) is 0 Å². The highest BCUT2D eigenvalue weighted by Gasteiger charge is 2.30. The van der Waals surface area contributed by atoms with Crippen molar-refractivity contribution in [2.75, 3.05) is 52.4 Å². The van der Waals surface area contributed by atoms with E-state index in [1.54, 1.807) is 22.1 Å². The molecule has 0 aliphatic carbocycles. The molecule has 0 spiro atoms. The summed E-state index contributed by atoms with van der Waals surface area (Å²) in [4.78, 5) is 59.1. The minimum absolute atomic E-state index is 0.0242. The predicted molar refractivity (Wildman–Crippen MR) is 101 cm³/mol. The van der Waals surface area contributed by atoms with Gasteiger partial charge in [-0.15, -0.1) is 0 Å². The van der Waals surface area contributed by atoms with Gasteiger partial charge in [-0.05, 0) is 19.9 Å². The van der Waals surface area contributed by atoms with Crippen LogP contribution in [-0.4, -0.2) is 101 Å². The van der Waals surface area contributed by atoms with Gasteiger partial charge in [-0.1, -0.05) is 0 Å². The molecule has 2 fully saturated rings. The molecule has 2 saturated heterocycles. The van der Waals surface area contributed by atoms with Gasteiger partial charge in [0.25, 0.3) is 5.91 Å². The third-order valence-corrected chi connectivity index (χ3v) is 5.43. The van der Waals surface area contributed by atoms with E-state index in [4.69, 9.17) is 0 Å². The van der Waals surface area contributed by atoms with Crippen molar-refractivity contribution in [1.82, 2.24) is 24.6 Å². The van der Waals surface area contributed by atoms with Gasteiger partial charge in [-0.25, -0.2) is 0 Å². The Hall–Kier alpha value is -2.84. The molecular formula is C19H27N5O4. The summed E-state index contributed by atoms with van der Waals surface area (Å²) < 4.78 is 0. The van der Waals surface area contributed by atoms with Crippen molar-refractivity contribution in [3.05, 3.63) is 23.5 Å². The average molecular weight is 389 g/mol. The SMILES string of the molecule is CCN1CCN(C(=O)Cc2[nH]ccc2C(=O)N2CCN(CC)C(=O)C2)CC1=O. The Morgan fingerprint density at radius 1 is 0.929 bits per heavy atom. The maximum Gasteiger partial charge on any atom is 0.256 e. The van der Waals surface area contributed by atoms with E-state index in [2.05, 4.69) is 4.98 Å². The number of carbonyl (C=O) groups excluding carboxylic acids is 4. The second-order valence-corrected chi connectivity index (χ2v) is 7.04. The second kappa shape index (κ2) is 8.45. The van der Waals surface area contributed by atoms with Gasteiger partial charge in [0, 0.05) is 51.2 Å². The summed E-state index contributed by atoms with van der Waals surface area (Å²) in [5.41, 5.74) is 0.926. The fourth-order valence-electron chi connectivity index (χ4n) is 3.66. The molecule has 0 radical (unpaired) electrons. The quantitative estimate of drug-likeness (QED) is 0.738. The molecule has 3 heterocycles. The van der Waals surface area contributed by atoms with Gasteiger partial charge >= 0.3 is 0 Å². The van der Waals surface area contributed by atoms with Crippen LogP contribution < -0.4 is 0 Å². The molecule has 0 aromatic carbocycles. The highest BCUT2D eigenvalue weighted by atomic mass is 16.2. The zero-order chi connectivity index (χ0) is 20.3. The van der Waals surface area contributed by atoms with Crippen molar-refractivity contribution in [3.63, 3.8) is 0 Å². The van der Waals surface area contributed by atoms with E-state index in [1.807, 2.05) is 13.8 Å². The van der Waals surface area contributed by atoms with Gasteiger partial charge in [0.1, 0.15) is 6.54 Å². The first-order valence-corrected chi connectivity index (χ1v) is 9.73. The molecule has 28 heavy (non-hydrogen) atoms. The van der Waals surface area contributed by atoms with Crippen LogP contribution in [-0.2, 0) is 20.8 Å². The van der Waals surface area contributed by atoms with Crippen molar-refractivity contribution in [2.24, 2.45) is 0 Å². The van der Waals surface area contributed by atoms with E-state index in [0.29, 0.717) is 50.5 Å². The maximum absolute atomic E-state index is 12.9. The smallest absolute Gasteiger partial charge is 0.256 e. The molecule has 0 unspecified atom stereocenters. The lowest BCUT2D eigenvalue weighted by molar-refractivity contribution is -0.144. The number of hydrogen-bond donors (Lipinski definition) is 1. The van der Waals surface area contributed by atoms with Crippen molar-refractivity contribution in [3.8, 4) is 0 Å². The summed E-state index contributed by atoms with van der Waals surface area (Å²) in [6.45, 7) is 7.25. The zero-order valence-corrected chi connectivity index (χ0v) is 16.4. The highest BCUT2D eigenvalue weighted by molar-refractivity contribution is 5.99. The Kier molecular flexibility index (Phi) is 6.01. The van der Waals surface area contributed by atoms with Crippen LogP contribution in [0.25, 0.3) is 0 Å². The number of nitrogens with zero attached hydrogens (tertiary/aromatic N) is 4. The van der Waals surface area contributed by atoms with Crippen LogP contribution in [0.3, 0.4) is 0 Å². The number of aromatic nitrogens is 1. The summed E-state index contributed by atoms with van der Waals surface area (Å²) in [5, 5.41) is 0. The standard InChI is InChI=1S/C19H27N5O4/c1-3-21-7-9-23(12-17(21)26)16(25)11-15-14(5-6-20-15)19(28)24-10-8-22(4-2)18(27)13-24/h5-6,20H,3-4,7-13H2,1-2H3. The second-order valence-electron chi connectivity index (χ2n) is 7.04. The van der Waals surface area contributed by atoms with E-state index in [1.165, 1.54) is 9.80 Å². The first kappa shape index (κ1) is 19.9. The lowest BCUT2D eigenvalue weighted by Gasteiger charge is -2.34. The summed E-state index contributed by atoms with van der Waals surface area (Å²) in [5.74, 6) is -0.563. The molecular weight excluding hydrogens is 362 g/mol. The number of aromatic amines is 1. The first-order valence-electron chi connectivity index (χ1n) is 9.73. The molecule has 3 rings (SSSR count). The molecule has 1 N–H and O–H groups in total. The van der Waals surface area contributed by atoms with Crippen LogP contribution in [0.2, 0.25) is 0 Å². The van der Waals surface area contributed by atoms with Crippen molar-refractivity contribution < 1.29 is 19.2 Å². The number of rotatable bonds is 5. The molecule has 0 atom stereocenters. The Morgan fingerprint density at radius 2 is 1.50 bits per heavy atom. The topological polar surface area (TPSA) is 97.0 Å². The molecule has 152 valence electrons. The van der Waals surface area contributed by atoms with Crippen molar-refractivity contribution in [2.45, 2.75) is 20.3 Å². The third kappa shape index (κ3) is 4.02. The van der Waals surface area contributed by atoms with E-state index < -0.39 is 0 Å². The van der Waals surface area contributed by atoms with E-state index in [0.717, 1.165) is 0 Å². The average Bonchev–Trinajstić information content (AvgIpc) is 3.15. The molecule has 0 saturated carbocycles. The van der Waals surface area contributed by atoms with Gasteiger partial charge in [-0.3, -0.25) is 19.2 Å². The normalized spacial score (nSPS) is 18.1. The summed E-state index contributed by atoms with van der Waals surface area (Å²) in [6.07, 6.45) is 1.65. The minimum Gasteiger partial charge on any atom is -0.364 e. The minimum atomic E-state index is -0.250. The predicted octanol–water partition coefficient (Wildman–Crippen LogP) is -0.448. The number of likely N-dealkylation sites (N-methyl/N-ethyl adjacent to an activating group) is 2. The Balaban J connectivity index is 1.64. The molecule has 4 amide bonds. The Morgan fingerprint density at radius 3 is 2.07 bits per heavy atom. The first-order chi connectivity index (χ1) is 13.4. The highest BCUT2D eigenvalue weighted by Crippen LogP contribution is 2.15. The number of H-pyrrole nitrogens is 1. The molecule has 2 aliphatic rings. The van der Waals surface area contributed by atoms with Crippen LogP contribution >= 0.6 is 0 Å². The molecule has 9 heteroatoms. The van der Waals surface area contributed by atoms with E-state index >= 15 is 0 Å². The molecule has 2 aliphatic heterocycles.